The standard InChI is InChI=1S/C58H36N2S/c1-3-13-37(14-4-1)43-29-30-55-52(33-43)53-35-46(38-15-5-2-6-16-38)34-51(58(53)61-55)44-19-11-17-41(31-44)39-25-27-40(28-26-39)42-18-12-20-45(32-42)54-36-59-56-49-23-9-7-21-47(49)48-22-8-10-24-50(48)57(56)60-54/h1-36H. The van der Waals surface area contributed by atoms with Crippen LogP contribution in [0.3, 0.4) is 0 Å². The molecule has 0 aliphatic heterocycles. The Kier molecular flexibility index (Phi) is 8.39. The summed E-state index contributed by atoms with van der Waals surface area (Å²) in [5.41, 5.74) is 15.8. The Labute approximate surface area is 357 Å². The normalized spacial score (nSPS) is 11.6. The van der Waals surface area contributed by atoms with Crippen molar-refractivity contribution in [2.75, 3.05) is 0 Å². The molecule has 2 nitrogen and oxygen atoms in total. The van der Waals surface area contributed by atoms with E-state index in [2.05, 4.69) is 212 Å². The molecule has 12 rings (SSSR count). The molecule has 0 spiro atoms. The number of thiophene rings is 1. The molecule has 0 aliphatic carbocycles. The summed E-state index contributed by atoms with van der Waals surface area (Å²) < 4.78 is 2.61. The minimum absolute atomic E-state index is 0.865. The smallest absolute Gasteiger partial charge is 0.0979 e. The molecule has 0 saturated heterocycles. The molecule has 0 amide bonds. The zero-order chi connectivity index (χ0) is 40.3. The van der Waals surface area contributed by atoms with E-state index in [-0.39, 0.29) is 0 Å². The average molecular weight is 793 g/mol. The zero-order valence-electron chi connectivity index (χ0n) is 33.1. The first-order chi connectivity index (χ1) is 30.2. The second kappa shape index (κ2) is 14.5. The minimum atomic E-state index is 0.865. The van der Waals surface area contributed by atoms with E-state index in [1.54, 1.807) is 0 Å². The summed E-state index contributed by atoms with van der Waals surface area (Å²) in [5, 5.41) is 7.24. The Balaban J connectivity index is 0.905. The van der Waals surface area contributed by atoms with E-state index >= 15 is 0 Å². The molecule has 0 N–H and O–H groups in total. The molecule has 0 saturated carbocycles. The molecule has 0 fully saturated rings. The fraction of sp³-hybridized carbons (Fsp3) is 0. The van der Waals surface area contributed by atoms with Gasteiger partial charge in [0.05, 0.1) is 22.9 Å². The molecule has 12 aromatic rings. The molecule has 0 aliphatic rings. The van der Waals surface area contributed by atoms with Gasteiger partial charge in [0, 0.05) is 42.1 Å². The number of aromatic nitrogens is 2. The Morgan fingerprint density at radius 3 is 1.44 bits per heavy atom. The Hall–Kier alpha value is -7.72. The van der Waals surface area contributed by atoms with Crippen LogP contribution in [0.2, 0.25) is 0 Å². The predicted octanol–water partition coefficient (Wildman–Crippen LogP) is 16.3. The number of hydrogen-bond donors (Lipinski definition) is 0. The van der Waals surface area contributed by atoms with Crippen molar-refractivity contribution < 1.29 is 0 Å². The summed E-state index contributed by atoms with van der Waals surface area (Å²) in [6.45, 7) is 0. The highest BCUT2D eigenvalue weighted by Gasteiger charge is 2.16. The van der Waals surface area contributed by atoms with Crippen molar-refractivity contribution >= 4 is 64.1 Å². The fourth-order valence-corrected chi connectivity index (χ4v) is 10.2. The van der Waals surface area contributed by atoms with Gasteiger partial charge in [-0.15, -0.1) is 11.3 Å². The molecule has 0 bridgehead atoms. The number of benzene rings is 10. The van der Waals surface area contributed by atoms with E-state index in [0.717, 1.165) is 44.2 Å². The van der Waals surface area contributed by atoms with Crippen LogP contribution in [-0.4, -0.2) is 9.97 Å². The van der Waals surface area contributed by atoms with Gasteiger partial charge in [-0.3, -0.25) is 4.98 Å². The minimum Gasteiger partial charge on any atom is -0.252 e. The Bertz CT molecular complexity index is 3590. The van der Waals surface area contributed by atoms with Crippen molar-refractivity contribution in [3.05, 3.63) is 219 Å². The van der Waals surface area contributed by atoms with Gasteiger partial charge in [-0.25, -0.2) is 4.98 Å². The van der Waals surface area contributed by atoms with Crippen LogP contribution in [0, 0.1) is 0 Å². The molecule has 0 atom stereocenters. The van der Waals surface area contributed by atoms with E-state index in [9.17, 15) is 0 Å². The Morgan fingerprint density at radius 2 is 0.770 bits per heavy atom. The highest BCUT2D eigenvalue weighted by molar-refractivity contribution is 7.26. The van der Waals surface area contributed by atoms with Gasteiger partial charge in [-0.1, -0.05) is 176 Å². The van der Waals surface area contributed by atoms with Gasteiger partial charge in [0.25, 0.3) is 0 Å². The molecule has 10 aromatic carbocycles. The van der Waals surface area contributed by atoms with Crippen LogP contribution in [-0.2, 0) is 0 Å². The highest BCUT2D eigenvalue weighted by atomic mass is 32.1. The second-order valence-electron chi connectivity index (χ2n) is 15.7. The van der Waals surface area contributed by atoms with Crippen molar-refractivity contribution in [1.82, 2.24) is 9.97 Å². The van der Waals surface area contributed by atoms with Crippen LogP contribution < -0.4 is 0 Å². The first-order valence-electron chi connectivity index (χ1n) is 20.7. The van der Waals surface area contributed by atoms with Gasteiger partial charge in [0.1, 0.15) is 0 Å². The van der Waals surface area contributed by atoms with Crippen LogP contribution in [0.25, 0.3) is 120 Å². The fourth-order valence-electron chi connectivity index (χ4n) is 9.04. The Morgan fingerprint density at radius 1 is 0.295 bits per heavy atom. The van der Waals surface area contributed by atoms with Gasteiger partial charge < -0.3 is 0 Å². The maximum absolute atomic E-state index is 5.25. The maximum atomic E-state index is 5.25. The van der Waals surface area contributed by atoms with Crippen LogP contribution in [0.15, 0.2) is 219 Å². The molecular formula is C58H36N2S. The maximum Gasteiger partial charge on any atom is 0.0979 e. The van der Waals surface area contributed by atoms with E-state index in [0.29, 0.717) is 0 Å². The SMILES string of the molecule is c1ccc(-c2ccc3sc4c(-c5cccc(-c6ccc(-c7cccc(-c8cnc9c%10ccccc%10c%10ccccc%10c9n8)c7)cc6)c5)cc(-c5ccccc5)cc4c3c2)cc1. The van der Waals surface area contributed by atoms with Crippen molar-refractivity contribution in [3.63, 3.8) is 0 Å². The molecule has 2 aromatic heterocycles. The third-order valence-electron chi connectivity index (χ3n) is 12.1. The lowest BCUT2D eigenvalue weighted by Crippen LogP contribution is -1.92. The largest absolute Gasteiger partial charge is 0.252 e. The summed E-state index contributed by atoms with van der Waals surface area (Å²) in [4.78, 5) is 10.3. The summed E-state index contributed by atoms with van der Waals surface area (Å²) in [5.74, 6) is 0. The zero-order valence-corrected chi connectivity index (χ0v) is 33.9. The number of fused-ring (bicyclic) bond motifs is 9. The summed E-state index contributed by atoms with van der Waals surface area (Å²) >= 11 is 1.88. The van der Waals surface area contributed by atoms with Crippen LogP contribution in [0.4, 0.5) is 0 Å². The van der Waals surface area contributed by atoms with Crippen LogP contribution in [0.1, 0.15) is 0 Å². The molecular weight excluding hydrogens is 757 g/mol. The van der Waals surface area contributed by atoms with E-state index in [1.807, 2.05) is 17.5 Å². The average Bonchev–Trinajstić information content (AvgIpc) is 3.72. The number of nitrogens with zero attached hydrogens (tertiary/aromatic N) is 2. The van der Waals surface area contributed by atoms with Crippen LogP contribution in [0.5, 0.6) is 0 Å². The third-order valence-corrected chi connectivity index (χ3v) is 13.3. The lowest BCUT2D eigenvalue weighted by Gasteiger charge is -2.12. The number of rotatable bonds is 6. The summed E-state index contributed by atoms with van der Waals surface area (Å²) in [6, 6.07) is 76.8. The first-order valence-corrected chi connectivity index (χ1v) is 21.5. The van der Waals surface area contributed by atoms with Crippen molar-refractivity contribution in [2.45, 2.75) is 0 Å². The van der Waals surface area contributed by atoms with E-state index in [4.69, 9.17) is 9.97 Å². The topological polar surface area (TPSA) is 25.8 Å². The van der Waals surface area contributed by atoms with Crippen LogP contribution >= 0.6 is 11.3 Å². The first kappa shape index (κ1) is 35.2. The quantitative estimate of drug-likeness (QED) is 0.157. The van der Waals surface area contributed by atoms with Crippen molar-refractivity contribution in [1.29, 1.82) is 0 Å². The number of hydrogen-bond acceptors (Lipinski definition) is 3. The van der Waals surface area contributed by atoms with E-state index in [1.165, 1.54) is 75.5 Å². The highest BCUT2D eigenvalue weighted by Crippen LogP contribution is 2.45. The van der Waals surface area contributed by atoms with Gasteiger partial charge >= 0.3 is 0 Å². The van der Waals surface area contributed by atoms with Gasteiger partial charge in [-0.05, 0) is 97.2 Å². The van der Waals surface area contributed by atoms with Gasteiger partial charge in [0.2, 0.25) is 0 Å². The van der Waals surface area contributed by atoms with Gasteiger partial charge in [-0.2, -0.15) is 0 Å². The van der Waals surface area contributed by atoms with Crippen molar-refractivity contribution in [2.24, 2.45) is 0 Å². The lowest BCUT2D eigenvalue weighted by molar-refractivity contribution is 1.31. The molecule has 0 unspecified atom stereocenters. The summed E-state index contributed by atoms with van der Waals surface area (Å²) in [6.07, 6.45) is 1.92. The van der Waals surface area contributed by atoms with Crippen molar-refractivity contribution in [3.8, 4) is 66.9 Å². The molecule has 61 heavy (non-hydrogen) atoms. The molecule has 284 valence electrons. The molecule has 2 heterocycles. The molecule has 0 radical (unpaired) electrons. The molecule has 3 heteroatoms. The van der Waals surface area contributed by atoms with Gasteiger partial charge in [0.15, 0.2) is 0 Å². The lowest BCUT2D eigenvalue weighted by atomic mass is 9.93. The second-order valence-corrected chi connectivity index (χ2v) is 16.8. The monoisotopic (exact) mass is 792 g/mol. The van der Waals surface area contributed by atoms with E-state index < -0.39 is 0 Å². The summed E-state index contributed by atoms with van der Waals surface area (Å²) in [7, 11) is 0. The third kappa shape index (κ3) is 6.18. The predicted molar refractivity (Wildman–Crippen MR) is 260 cm³/mol.